The number of rotatable bonds is 5. The van der Waals surface area contributed by atoms with Crippen molar-refractivity contribution in [1.29, 1.82) is 0 Å². The predicted molar refractivity (Wildman–Crippen MR) is 68.2 cm³/mol. The highest BCUT2D eigenvalue weighted by atomic mass is 16.5. The zero-order valence-corrected chi connectivity index (χ0v) is 11.0. The second kappa shape index (κ2) is 5.81. The summed E-state index contributed by atoms with van der Waals surface area (Å²) in [5.74, 6) is 1.06. The van der Waals surface area contributed by atoms with Gasteiger partial charge in [0.25, 0.3) is 0 Å². The second-order valence-electron chi connectivity index (χ2n) is 4.33. The molecule has 1 aromatic heterocycles. The average Bonchev–Trinajstić information content (AvgIpc) is 2.89. The van der Waals surface area contributed by atoms with Gasteiger partial charge in [-0.2, -0.15) is 15.0 Å². The highest BCUT2D eigenvalue weighted by Crippen LogP contribution is 2.16. The smallest absolute Gasteiger partial charge is 0.323 e. The maximum Gasteiger partial charge on any atom is 0.323 e. The van der Waals surface area contributed by atoms with Crippen molar-refractivity contribution in [2.75, 3.05) is 44.6 Å². The lowest BCUT2D eigenvalue weighted by Gasteiger charge is -2.14. The van der Waals surface area contributed by atoms with E-state index < -0.39 is 0 Å². The number of anilines is 2. The third kappa shape index (κ3) is 3.19. The van der Waals surface area contributed by atoms with Gasteiger partial charge in [-0.1, -0.05) is 0 Å². The first-order chi connectivity index (χ1) is 8.69. The van der Waals surface area contributed by atoms with Crippen molar-refractivity contribution >= 4 is 11.9 Å². The molecule has 0 amide bonds. The molecule has 0 aromatic carbocycles. The topological polar surface area (TPSA) is 72.4 Å². The monoisotopic (exact) mass is 253 g/mol. The van der Waals surface area contributed by atoms with Crippen LogP contribution in [0.4, 0.5) is 11.9 Å². The maximum absolute atomic E-state index is 5.57. The van der Waals surface area contributed by atoms with Crippen LogP contribution < -0.4 is 15.0 Å². The Morgan fingerprint density at radius 3 is 2.83 bits per heavy atom. The van der Waals surface area contributed by atoms with E-state index in [0.29, 0.717) is 24.5 Å². The van der Waals surface area contributed by atoms with E-state index in [-0.39, 0.29) is 6.10 Å². The Hall–Kier alpha value is -1.63. The van der Waals surface area contributed by atoms with Gasteiger partial charge >= 0.3 is 6.01 Å². The molecule has 100 valence electrons. The molecule has 2 rings (SSSR count). The molecule has 0 aliphatic carbocycles. The molecule has 0 radical (unpaired) electrons. The van der Waals surface area contributed by atoms with Crippen LogP contribution in [0.5, 0.6) is 6.01 Å². The molecule has 1 saturated heterocycles. The molecular weight excluding hydrogens is 234 g/mol. The van der Waals surface area contributed by atoms with Crippen LogP contribution in [0.1, 0.15) is 12.8 Å². The van der Waals surface area contributed by atoms with Crippen molar-refractivity contribution in [2.24, 2.45) is 0 Å². The van der Waals surface area contributed by atoms with Gasteiger partial charge in [-0.05, 0) is 12.8 Å². The quantitative estimate of drug-likeness (QED) is 0.820. The highest BCUT2D eigenvalue weighted by molar-refractivity contribution is 5.36. The van der Waals surface area contributed by atoms with Crippen LogP contribution in [0, 0.1) is 0 Å². The van der Waals surface area contributed by atoms with Crippen molar-refractivity contribution in [3.63, 3.8) is 0 Å². The number of nitrogens with one attached hydrogen (secondary N) is 1. The molecule has 1 unspecified atom stereocenters. The van der Waals surface area contributed by atoms with Crippen LogP contribution in [0.3, 0.4) is 0 Å². The first kappa shape index (κ1) is 12.8. The van der Waals surface area contributed by atoms with Crippen LogP contribution in [0.25, 0.3) is 0 Å². The fourth-order valence-corrected chi connectivity index (χ4v) is 1.67. The van der Waals surface area contributed by atoms with E-state index in [1.54, 1.807) is 11.9 Å². The first-order valence-electron chi connectivity index (χ1n) is 6.04. The van der Waals surface area contributed by atoms with Crippen LogP contribution in [-0.2, 0) is 4.74 Å². The Bertz CT molecular complexity index is 393. The molecule has 1 atom stereocenters. The zero-order valence-electron chi connectivity index (χ0n) is 11.0. The Morgan fingerprint density at radius 1 is 1.39 bits per heavy atom. The fraction of sp³-hybridized carbons (Fsp3) is 0.727. The van der Waals surface area contributed by atoms with E-state index in [9.17, 15) is 0 Å². The summed E-state index contributed by atoms with van der Waals surface area (Å²) in [6.07, 6.45) is 2.28. The summed E-state index contributed by atoms with van der Waals surface area (Å²) in [7, 11) is 5.51. The standard InChI is InChI=1S/C11H19N5O2/c1-12-9-13-10(16(2)3)15-11(14-9)18-7-8-5-4-6-17-8/h8H,4-7H2,1-3H3,(H,12,13,14,15). The molecule has 1 aromatic rings. The van der Waals surface area contributed by atoms with Gasteiger partial charge in [0.05, 0.1) is 6.10 Å². The molecule has 1 N–H and O–H groups in total. The SMILES string of the molecule is CNc1nc(OCC2CCCO2)nc(N(C)C)n1. The van der Waals surface area contributed by atoms with E-state index >= 15 is 0 Å². The van der Waals surface area contributed by atoms with Gasteiger partial charge in [0, 0.05) is 27.7 Å². The van der Waals surface area contributed by atoms with E-state index in [1.807, 2.05) is 14.1 Å². The number of nitrogens with zero attached hydrogens (tertiary/aromatic N) is 4. The van der Waals surface area contributed by atoms with E-state index in [4.69, 9.17) is 9.47 Å². The van der Waals surface area contributed by atoms with Crippen molar-refractivity contribution in [3.8, 4) is 6.01 Å². The molecule has 1 fully saturated rings. The summed E-state index contributed by atoms with van der Waals surface area (Å²) >= 11 is 0. The molecule has 1 aliphatic heterocycles. The number of ether oxygens (including phenoxy) is 2. The lowest BCUT2D eigenvalue weighted by Crippen LogP contribution is -2.19. The number of hydrogen-bond acceptors (Lipinski definition) is 7. The Labute approximate surface area is 107 Å². The van der Waals surface area contributed by atoms with E-state index in [1.165, 1.54) is 0 Å². The Kier molecular flexibility index (Phi) is 4.14. The minimum Gasteiger partial charge on any atom is -0.461 e. The molecule has 2 heterocycles. The highest BCUT2D eigenvalue weighted by Gasteiger charge is 2.17. The number of hydrogen-bond donors (Lipinski definition) is 1. The minimum atomic E-state index is 0.155. The van der Waals surface area contributed by atoms with Crippen molar-refractivity contribution in [2.45, 2.75) is 18.9 Å². The fourth-order valence-electron chi connectivity index (χ4n) is 1.67. The summed E-state index contributed by atoms with van der Waals surface area (Å²) in [6, 6.07) is 0.327. The molecule has 18 heavy (non-hydrogen) atoms. The molecule has 7 heteroatoms. The van der Waals surface area contributed by atoms with E-state index in [0.717, 1.165) is 19.4 Å². The minimum absolute atomic E-state index is 0.155. The normalized spacial score (nSPS) is 18.7. The lowest BCUT2D eigenvalue weighted by atomic mass is 10.2. The van der Waals surface area contributed by atoms with Crippen LogP contribution >= 0.6 is 0 Å². The Balaban J connectivity index is 2.03. The summed E-state index contributed by atoms with van der Waals surface area (Å²) in [5.41, 5.74) is 0. The van der Waals surface area contributed by atoms with Gasteiger partial charge < -0.3 is 19.7 Å². The maximum atomic E-state index is 5.57. The third-order valence-electron chi connectivity index (χ3n) is 2.65. The van der Waals surface area contributed by atoms with Crippen LogP contribution in [0.2, 0.25) is 0 Å². The van der Waals surface area contributed by atoms with Gasteiger partial charge in [-0.25, -0.2) is 0 Å². The van der Waals surface area contributed by atoms with Crippen molar-refractivity contribution in [3.05, 3.63) is 0 Å². The number of aromatic nitrogens is 3. The van der Waals surface area contributed by atoms with Gasteiger partial charge in [0.2, 0.25) is 11.9 Å². The summed E-state index contributed by atoms with van der Waals surface area (Å²) in [5, 5.41) is 2.89. The van der Waals surface area contributed by atoms with Crippen molar-refractivity contribution < 1.29 is 9.47 Å². The Morgan fingerprint density at radius 2 is 2.22 bits per heavy atom. The molecule has 0 spiro atoms. The van der Waals surface area contributed by atoms with Gasteiger partial charge in [0.15, 0.2) is 0 Å². The van der Waals surface area contributed by atoms with Crippen LogP contribution in [0.15, 0.2) is 0 Å². The van der Waals surface area contributed by atoms with Gasteiger partial charge in [-0.15, -0.1) is 0 Å². The van der Waals surface area contributed by atoms with Crippen LogP contribution in [-0.4, -0.2) is 55.4 Å². The zero-order chi connectivity index (χ0) is 13.0. The molecule has 1 aliphatic rings. The molecule has 0 saturated carbocycles. The third-order valence-corrected chi connectivity index (χ3v) is 2.65. The lowest BCUT2D eigenvalue weighted by molar-refractivity contribution is 0.0645. The van der Waals surface area contributed by atoms with E-state index in [2.05, 4.69) is 20.3 Å². The average molecular weight is 253 g/mol. The van der Waals surface area contributed by atoms with Crippen molar-refractivity contribution in [1.82, 2.24) is 15.0 Å². The van der Waals surface area contributed by atoms with Gasteiger partial charge in [0.1, 0.15) is 6.61 Å². The summed E-state index contributed by atoms with van der Waals surface area (Å²) < 4.78 is 11.1. The predicted octanol–water partition coefficient (Wildman–Crippen LogP) is 0.537. The largest absolute Gasteiger partial charge is 0.461 e. The van der Waals surface area contributed by atoms with Gasteiger partial charge in [-0.3, -0.25) is 0 Å². The first-order valence-corrected chi connectivity index (χ1v) is 6.04. The second-order valence-corrected chi connectivity index (χ2v) is 4.33. The summed E-state index contributed by atoms with van der Waals surface area (Å²) in [4.78, 5) is 14.4. The molecule has 0 bridgehead atoms. The molecule has 7 nitrogen and oxygen atoms in total. The summed E-state index contributed by atoms with van der Waals surface area (Å²) in [6.45, 7) is 1.30. The molecular formula is C11H19N5O2.